The van der Waals surface area contributed by atoms with Gasteiger partial charge in [0.1, 0.15) is 6.04 Å². The molecule has 1 spiro atoms. The maximum absolute atomic E-state index is 14.4. The predicted molar refractivity (Wildman–Crippen MR) is 143 cm³/mol. The topological polar surface area (TPSA) is 91.8 Å². The molecule has 222 valence electrons. The smallest absolute Gasteiger partial charge is 0.333 e. The third-order valence-electron chi connectivity index (χ3n) is 10.7. The van der Waals surface area contributed by atoms with Crippen LogP contribution in [0.3, 0.4) is 0 Å². The fraction of sp³-hybridized carbons (Fsp3) is 0.962. The molecule has 6 fully saturated rings. The van der Waals surface area contributed by atoms with E-state index in [0.29, 0.717) is 43.2 Å². The van der Waals surface area contributed by atoms with Gasteiger partial charge < -0.3 is 4.90 Å². The van der Waals surface area contributed by atoms with Crippen LogP contribution in [0.1, 0.15) is 64.2 Å². The summed E-state index contributed by atoms with van der Waals surface area (Å²) in [7, 11) is -1.40. The van der Waals surface area contributed by atoms with E-state index in [1.54, 1.807) is 0 Å². The van der Waals surface area contributed by atoms with Crippen molar-refractivity contribution in [1.29, 1.82) is 4.78 Å². The monoisotopic (exact) mass is 594 g/mol. The summed E-state index contributed by atoms with van der Waals surface area (Å²) in [6.07, 6.45) is 2.94. The minimum atomic E-state index is -4.50. The third kappa shape index (κ3) is 5.59. The molecule has 6 rings (SSSR count). The van der Waals surface area contributed by atoms with Crippen LogP contribution < -0.4 is 10.7 Å². The molecule has 13 heteroatoms. The Labute approximate surface area is 234 Å². The highest BCUT2D eigenvalue weighted by Gasteiger charge is 2.58. The number of carbonyl (C=O) groups excluding carboxylic acids is 1. The maximum atomic E-state index is 14.4. The summed E-state index contributed by atoms with van der Waals surface area (Å²) in [5, 5.41) is 5.98. The fourth-order valence-corrected chi connectivity index (χ4v) is 10.2. The van der Waals surface area contributed by atoms with Gasteiger partial charge in [0.05, 0.1) is 11.7 Å². The zero-order chi connectivity index (χ0) is 27.7. The number of likely N-dealkylation sites (tertiary alicyclic amines) is 1. The number of fused-ring (bicyclic) bond motifs is 3. The number of piperidine rings is 1. The van der Waals surface area contributed by atoms with E-state index in [2.05, 4.69) is 20.7 Å². The molecule has 2 saturated carbocycles. The molecule has 39 heavy (non-hydrogen) atoms. The molecule has 3 N–H and O–H groups in total. The van der Waals surface area contributed by atoms with Crippen molar-refractivity contribution in [1.82, 2.24) is 25.6 Å². The Balaban J connectivity index is 1.13. The summed E-state index contributed by atoms with van der Waals surface area (Å²) >= 11 is 6.43. The lowest BCUT2D eigenvalue weighted by Gasteiger charge is -2.56. The molecule has 0 aromatic heterocycles. The van der Waals surface area contributed by atoms with Gasteiger partial charge in [-0.1, -0.05) is 0 Å². The lowest BCUT2D eigenvalue weighted by Crippen LogP contribution is -2.71. The number of alkyl halides is 4. The second kappa shape index (κ2) is 10.3. The highest BCUT2D eigenvalue weighted by atomic mass is 35.5. The number of hydrazine groups is 1. The summed E-state index contributed by atoms with van der Waals surface area (Å²) < 4.78 is 63.0. The summed E-state index contributed by atoms with van der Waals surface area (Å²) in [5.74, 6) is -1.53. The minimum Gasteiger partial charge on any atom is -0.333 e. The van der Waals surface area contributed by atoms with Crippen LogP contribution in [-0.2, 0) is 14.5 Å². The van der Waals surface area contributed by atoms with Crippen LogP contribution in [0.25, 0.3) is 0 Å². The van der Waals surface area contributed by atoms with Gasteiger partial charge in [-0.15, -0.1) is 11.6 Å². The van der Waals surface area contributed by atoms with E-state index in [9.17, 15) is 22.2 Å². The van der Waals surface area contributed by atoms with Crippen LogP contribution in [0.5, 0.6) is 0 Å². The maximum Gasteiger partial charge on any atom is 0.409 e. The first kappa shape index (κ1) is 28.5. The molecule has 4 heterocycles. The van der Waals surface area contributed by atoms with Crippen molar-refractivity contribution < 1.29 is 22.2 Å². The predicted octanol–water partition coefficient (Wildman–Crippen LogP) is 3.32. The molecule has 8 nitrogen and oxygen atoms in total. The Morgan fingerprint density at radius 3 is 2.41 bits per heavy atom. The van der Waals surface area contributed by atoms with Crippen molar-refractivity contribution >= 4 is 27.2 Å². The lowest BCUT2D eigenvalue weighted by molar-refractivity contribution is -0.203. The highest BCUT2D eigenvalue weighted by Crippen LogP contribution is 2.56. The van der Waals surface area contributed by atoms with Crippen molar-refractivity contribution in [2.24, 2.45) is 17.3 Å². The Morgan fingerprint density at radius 1 is 1.13 bits per heavy atom. The first-order chi connectivity index (χ1) is 18.4. The Kier molecular flexibility index (Phi) is 7.48. The van der Waals surface area contributed by atoms with E-state index in [4.69, 9.17) is 16.4 Å². The first-order valence-corrected chi connectivity index (χ1v) is 16.9. The van der Waals surface area contributed by atoms with Crippen LogP contribution in [0.2, 0.25) is 0 Å². The van der Waals surface area contributed by atoms with E-state index < -0.39 is 39.7 Å². The van der Waals surface area contributed by atoms with Gasteiger partial charge in [0.2, 0.25) is 5.91 Å². The zero-order valence-electron chi connectivity index (χ0n) is 22.6. The van der Waals surface area contributed by atoms with Crippen molar-refractivity contribution in [3.63, 3.8) is 0 Å². The molecule has 4 aliphatic heterocycles. The lowest BCUT2D eigenvalue weighted by atomic mass is 9.77. The first-order valence-electron chi connectivity index (χ1n) is 14.6. The van der Waals surface area contributed by atoms with E-state index in [-0.39, 0.29) is 42.1 Å². The van der Waals surface area contributed by atoms with Gasteiger partial charge >= 0.3 is 6.18 Å². The Hall–Kier alpha value is -0.660. The van der Waals surface area contributed by atoms with E-state index >= 15 is 0 Å². The molecule has 2 aliphatic carbocycles. The molecular formula is C26H42ClF3N6O2S. The summed E-state index contributed by atoms with van der Waals surface area (Å²) in [6, 6.07) is -0.888. The van der Waals surface area contributed by atoms with Crippen LogP contribution in [0.4, 0.5) is 13.2 Å². The van der Waals surface area contributed by atoms with Gasteiger partial charge in [-0.2, -0.15) is 13.2 Å². The van der Waals surface area contributed by atoms with Gasteiger partial charge in [-0.25, -0.2) is 14.6 Å². The highest BCUT2D eigenvalue weighted by molar-refractivity contribution is 7.92. The van der Waals surface area contributed by atoms with Gasteiger partial charge in [0.25, 0.3) is 0 Å². The van der Waals surface area contributed by atoms with Gasteiger partial charge in [0, 0.05) is 71.8 Å². The normalized spacial score (nSPS) is 43.5. The molecule has 0 aromatic rings. The second-order valence-corrected chi connectivity index (χ2v) is 16.1. The van der Waals surface area contributed by atoms with Gasteiger partial charge in [-0.05, 0) is 69.1 Å². The van der Waals surface area contributed by atoms with Crippen LogP contribution in [0, 0.1) is 22.0 Å². The molecule has 5 atom stereocenters. The summed E-state index contributed by atoms with van der Waals surface area (Å²) in [4.78, 5) is 16.7. The molecule has 0 radical (unpaired) electrons. The number of carbonyl (C=O) groups is 1. The number of hydrogen-bond donors (Lipinski definition) is 3. The molecule has 0 bridgehead atoms. The largest absolute Gasteiger partial charge is 0.409 e. The Bertz CT molecular complexity index is 1040. The van der Waals surface area contributed by atoms with Gasteiger partial charge in [0.15, 0.2) is 0 Å². The quantitative estimate of drug-likeness (QED) is 0.342. The Morgan fingerprint density at radius 2 is 1.79 bits per heavy atom. The number of halogens is 4. The van der Waals surface area contributed by atoms with Crippen LogP contribution in [-0.4, -0.2) is 98.6 Å². The van der Waals surface area contributed by atoms with E-state index in [1.165, 1.54) is 19.9 Å². The number of nitrogens with zero attached hydrogens (tertiary/aromatic N) is 3. The summed E-state index contributed by atoms with van der Waals surface area (Å²) in [5.41, 5.74) is 3.71. The van der Waals surface area contributed by atoms with E-state index in [0.717, 1.165) is 30.8 Å². The minimum absolute atomic E-state index is 0.0779. The second-order valence-electron chi connectivity index (χ2n) is 13.2. The molecule has 4 saturated heterocycles. The van der Waals surface area contributed by atoms with Crippen LogP contribution in [0.15, 0.2) is 0 Å². The molecule has 1 amide bonds. The zero-order valence-corrected chi connectivity index (χ0v) is 24.2. The fourth-order valence-electron chi connectivity index (χ4n) is 8.36. The molecule has 6 aliphatic rings. The van der Waals surface area contributed by atoms with Gasteiger partial charge in [-0.3, -0.25) is 19.8 Å². The standard InChI is InChI=1S/C26H42ClF3N6O2S/c1-34(24(37)17-6-10-39(31,38)11-7-17)23(26(28,29)30)16-2-4-18(5-3-16)35-15-25(8-9-25)13-19-20(35)14-32-22-12-21(27)33-36(19)22/h16-23,31-33H,2-15H2,1H3/t16?,17?,18?,19?,20?,21?,22?,23-,39?/m0/s1. The van der Waals surface area contributed by atoms with E-state index in [1.807, 2.05) is 0 Å². The number of nitrogens with one attached hydrogen (secondary N) is 3. The SMILES string of the molecule is CN(C(=O)C1CCS(=N)(=O)CC1)[C@@H](C1CCC(N2CC3(CC3)CC3C2CNC2CC(Cl)NN23)CC1)C(F)(F)F. The average molecular weight is 595 g/mol. The third-order valence-corrected chi connectivity index (χ3v) is 12.7. The van der Waals surface area contributed by atoms with Crippen LogP contribution >= 0.6 is 11.6 Å². The molecule has 4 unspecified atom stereocenters. The molecule has 0 aromatic carbocycles. The number of hydrogen-bond acceptors (Lipinski definition) is 7. The van der Waals surface area contributed by atoms with Crippen molar-refractivity contribution in [2.75, 3.05) is 31.6 Å². The van der Waals surface area contributed by atoms with Crippen molar-refractivity contribution in [3.8, 4) is 0 Å². The average Bonchev–Trinajstić information content (AvgIpc) is 3.50. The number of rotatable bonds is 4. The van der Waals surface area contributed by atoms with Crippen molar-refractivity contribution in [2.45, 2.75) is 106 Å². The van der Waals surface area contributed by atoms with Crippen molar-refractivity contribution in [3.05, 3.63) is 0 Å². The number of amides is 1. The summed E-state index contributed by atoms with van der Waals surface area (Å²) in [6.45, 7) is 1.90. The molecular weight excluding hydrogens is 553 g/mol.